The monoisotopic (exact) mass is 488 g/mol. The number of rotatable bonds is 9. The average Bonchev–Trinajstić information content (AvgIpc) is 2.77. The second kappa shape index (κ2) is 10.9. The summed E-state index contributed by atoms with van der Waals surface area (Å²) in [6, 6.07) is 21.2. The summed E-state index contributed by atoms with van der Waals surface area (Å²) in [6.07, 6.45) is 0. The van der Waals surface area contributed by atoms with Gasteiger partial charge in [-0.2, -0.15) is 0 Å². The summed E-state index contributed by atoms with van der Waals surface area (Å²) in [6.45, 7) is 3.91. The molecule has 0 radical (unpaired) electrons. The molecule has 0 aliphatic rings. The average molecular weight is 489 g/mol. The van der Waals surface area contributed by atoms with Crippen molar-refractivity contribution in [2.75, 3.05) is 23.1 Å². The number of hydrogen-bond donors (Lipinski definition) is 1. The van der Waals surface area contributed by atoms with Gasteiger partial charge in [-0.15, -0.1) is 11.8 Å². The van der Waals surface area contributed by atoms with Crippen LogP contribution in [0.4, 0.5) is 5.69 Å². The van der Waals surface area contributed by atoms with Crippen LogP contribution in [0.15, 0.2) is 82.6 Å². The smallest absolute Gasteiger partial charge is 0.264 e. The molecule has 0 fully saturated rings. The molecule has 168 valence electrons. The Morgan fingerprint density at radius 1 is 1.00 bits per heavy atom. The number of aryl methyl sites for hydroxylation is 2. The highest BCUT2D eigenvalue weighted by Crippen LogP contribution is 2.28. The number of sulfonamides is 1. The highest BCUT2D eigenvalue weighted by atomic mass is 35.5. The first kappa shape index (κ1) is 24.2. The molecule has 0 aromatic heterocycles. The van der Waals surface area contributed by atoms with Gasteiger partial charge >= 0.3 is 0 Å². The third kappa shape index (κ3) is 6.28. The molecule has 1 amide bonds. The van der Waals surface area contributed by atoms with Crippen molar-refractivity contribution in [3.8, 4) is 0 Å². The summed E-state index contributed by atoms with van der Waals surface area (Å²) < 4.78 is 27.8. The number of carbonyl (C=O) groups excluding carboxylic acids is 1. The summed E-state index contributed by atoms with van der Waals surface area (Å²) in [5.74, 6) is 0.309. The van der Waals surface area contributed by atoms with E-state index in [0.29, 0.717) is 28.6 Å². The Bertz CT molecular complexity index is 1170. The quantitative estimate of drug-likeness (QED) is 0.337. The predicted molar refractivity (Wildman–Crippen MR) is 132 cm³/mol. The molecular formula is C24H25ClN2O3S2. The van der Waals surface area contributed by atoms with Crippen LogP contribution >= 0.6 is 23.4 Å². The molecule has 32 heavy (non-hydrogen) atoms. The van der Waals surface area contributed by atoms with Gasteiger partial charge in [-0.1, -0.05) is 47.5 Å². The van der Waals surface area contributed by atoms with Crippen LogP contribution < -0.4 is 9.62 Å². The lowest BCUT2D eigenvalue weighted by Crippen LogP contribution is -2.41. The van der Waals surface area contributed by atoms with E-state index < -0.39 is 10.0 Å². The Hall–Kier alpha value is -2.48. The molecule has 0 heterocycles. The van der Waals surface area contributed by atoms with Gasteiger partial charge in [0.25, 0.3) is 10.0 Å². The Morgan fingerprint density at radius 2 is 1.69 bits per heavy atom. The van der Waals surface area contributed by atoms with Crippen LogP contribution in [-0.2, 0) is 14.8 Å². The number of amides is 1. The van der Waals surface area contributed by atoms with Crippen LogP contribution in [0.2, 0.25) is 5.02 Å². The van der Waals surface area contributed by atoms with E-state index in [1.165, 1.54) is 17.7 Å². The van der Waals surface area contributed by atoms with Gasteiger partial charge in [-0.3, -0.25) is 9.10 Å². The van der Waals surface area contributed by atoms with Gasteiger partial charge in [-0.05, 0) is 61.9 Å². The van der Waals surface area contributed by atoms with Gasteiger partial charge in [0.15, 0.2) is 0 Å². The number of anilines is 1. The summed E-state index contributed by atoms with van der Waals surface area (Å²) >= 11 is 7.68. The van der Waals surface area contributed by atoms with Crippen molar-refractivity contribution < 1.29 is 13.2 Å². The minimum atomic E-state index is -3.94. The molecule has 0 unspecified atom stereocenters. The molecule has 0 bridgehead atoms. The zero-order chi connectivity index (χ0) is 23.1. The van der Waals surface area contributed by atoms with Crippen molar-refractivity contribution >= 4 is 45.0 Å². The second-order valence-corrected chi connectivity index (χ2v) is 10.7. The summed E-state index contributed by atoms with van der Waals surface area (Å²) in [4.78, 5) is 13.9. The molecule has 0 atom stereocenters. The van der Waals surface area contributed by atoms with E-state index in [0.717, 1.165) is 9.20 Å². The van der Waals surface area contributed by atoms with Gasteiger partial charge in [0.2, 0.25) is 5.91 Å². The van der Waals surface area contributed by atoms with Gasteiger partial charge in [-0.25, -0.2) is 8.42 Å². The Labute approximate surface area is 198 Å². The molecule has 0 spiro atoms. The van der Waals surface area contributed by atoms with E-state index in [4.69, 9.17) is 11.6 Å². The van der Waals surface area contributed by atoms with Crippen LogP contribution in [0.25, 0.3) is 0 Å². The number of benzene rings is 3. The van der Waals surface area contributed by atoms with Gasteiger partial charge in [0.1, 0.15) is 6.54 Å². The summed E-state index contributed by atoms with van der Waals surface area (Å²) in [5.41, 5.74) is 2.28. The van der Waals surface area contributed by atoms with E-state index in [1.807, 2.05) is 31.2 Å². The first-order chi connectivity index (χ1) is 15.3. The number of thioether (sulfide) groups is 1. The van der Waals surface area contributed by atoms with Crippen molar-refractivity contribution in [1.82, 2.24) is 5.32 Å². The second-order valence-electron chi connectivity index (χ2n) is 7.27. The minimum Gasteiger partial charge on any atom is -0.354 e. The summed E-state index contributed by atoms with van der Waals surface area (Å²) in [5, 5.41) is 3.33. The van der Waals surface area contributed by atoms with Crippen molar-refractivity contribution in [2.24, 2.45) is 0 Å². The molecule has 8 heteroatoms. The summed E-state index contributed by atoms with van der Waals surface area (Å²) in [7, 11) is -3.94. The van der Waals surface area contributed by atoms with Crippen LogP contribution in [-0.4, -0.2) is 33.2 Å². The van der Waals surface area contributed by atoms with Crippen molar-refractivity contribution in [2.45, 2.75) is 23.6 Å². The number of carbonyl (C=O) groups is 1. The van der Waals surface area contributed by atoms with E-state index in [1.54, 1.807) is 55.1 Å². The van der Waals surface area contributed by atoms with Crippen molar-refractivity contribution in [3.63, 3.8) is 0 Å². The molecular weight excluding hydrogens is 464 g/mol. The highest BCUT2D eigenvalue weighted by Gasteiger charge is 2.28. The molecule has 3 aromatic carbocycles. The lowest BCUT2D eigenvalue weighted by atomic mass is 10.2. The fraction of sp³-hybridized carbons (Fsp3) is 0.208. The first-order valence-electron chi connectivity index (χ1n) is 10.1. The van der Waals surface area contributed by atoms with E-state index in [-0.39, 0.29) is 17.3 Å². The first-order valence-corrected chi connectivity index (χ1v) is 12.9. The molecule has 0 aliphatic heterocycles. The van der Waals surface area contributed by atoms with E-state index in [2.05, 4.69) is 5.32 Å². The van der Waals surface area contributed by atoms with Crippen molar-refractivity contribution in [3.05, 3.63) is 88.9 Å². The minimum absolute atomic E-state index is 0.122. The predicted octanol–water partition coefficient (Wildman–Crippen LogP) is 5.06. The number of nitrogens with zero attached hydrogens (tertiary/aromatic N) is 1. The Balaban J connectivity index is 1.72. The SMILES string of the molecule is Cc1ccc(SCCNC(=O)CN(c2ccc(Cl)cc2C)S(=O)(=O)c2ccccc2)cc1. The lowest BCUT2D eigenvalue weighted by Gasteiger charge is -2.25. The van der Waals surface area contributed by atoms with Crippen LogP contribution in [0.5, 0.6) is 0 Å². The Kier molecular flexibility index (Phi) is 8.23. The molecule has 3 rings (SSSR count). The van der Waals surface area contributed by atoms with Crippen molar-refractivity contribution in [1.29, 1.82) is 0 Å². The third-order valence-electron chi connectivity index (χ3n) is 4.76. The molecule has 0 aliphatic carbocycles. The standard InChI is InChI=1S/C24H25ClN2O3S2/c1-18-8-11-21(12-9-18)31-15-14-26-24(28)17-27(23-13-10-20(25)16-19(23)2)32(29,30)22-6-4-3-5-7-22/h3-13,16H,14-15,17H2,1-2H3,(H,26,28). The fourth-order valence-corrected chi connectivity index (χ4v) is 5.60. The largest absolute Gasteiger partial charge is 0.354 e. The Morgan fingerprint density at radius 3 is 2.34 bits per heavy atom. The van der Waals surface area contributed by atoms with Gasteiger partial charge in [0.05, 0.1) is 10.6 Å². The van der Waals surface area contributed by atoms with Crippen LogP contribution in [0.3, 0.4) is 0 Å². The maximum absolute atomic E-state index is 13.4. The van der Waals surface area contributed by atoms with Gasteiger partial charge < -0.3 is 5.32 Å². The normalized spacial score (nSPS) is 11.2. The zero-order valence-corrected chi connectivity index (χ0v) is 20.3. The zero-order valence-electron chi connectivity index (χ0n) is 17.9. The molecule has 1 N–H and O–H groups in total. The molecule has 3 aromatic rings. The maximum Gasteiger partial charge on any atom is 0.264 e. The van der Waals surface area contributed by atoms with Crippen LogP contribution in [0.1, 0.15) is 11.1 Å². The number of hydrogen-bond acceptors (Lipinski definition) is 4. The third-order valence-corrected chi connectivity index (χ3v) is 7.78. The fourth-order valence-electron chi connectivity index (χ4n) is 3.10. The molecule has 5 nitrogen and oxygen atoms in total. The van der Waals surface area contributed by atoms with E-state index >= 15 is 0 Å². The molecule has 0 saturated carbocycles. The van der Waals surface area contributed by atoms with Crippen LogP contribution in [0, 0.1) is 13.8 Å². The topological polar surface area (TPSA) is 66.5 Å². The van der Waals surface area contributed by atoms with Gasteiger partial charge in [0, 0.05) is 22.2 Å². The lowest BCUT2D eigenvalue weighted by molar-refractivity contribution is -0.119. The highest BCUT2D eigenvalue weighted by molar-refractivity contribution is 7.99. The van der Waals surface area contributed by atoms with E-state index in [9.17, 15) is 13.2 Å². The number of nitrogens with one attached hydrogen (secondary N) is 1. The number of halogens is 1. The maximum atomic E-state index is 13.4. The molecule has 0 saturated heterocycles.